The second-order valence-corrected chi connectivity index (χ2v) is 2.86. The molecule has 1 aromatic carbocycles. The predicted octanol–water partition coefficient (Wildman–Crippen LogP) is 2.51. The van der Waals surface area contributed by atoms with Crippen LogP contribution in [0.25, 0.3) is 0 Å². The smallest absolute Gasteiger partial charge is 0.392 e. The van der Waals surface area contributed by atoms with Crippen LogP contribution in [0.1, 0.15) is 16.7 Å². The highest BCUT2D eigenvalue weighted by atomic mass is 19.4. The molecule has 72 valence electrons. The molecule has 0 atom stereocenters. The predicted molar refractivity (Wildman–Crippen MR) is 42.1 cm³/mol. The number of aliphatic hydroxyl groups excluding tert-OH is 1. The number of aliphatic hydroxyl groups is 1. The number of alkyl halides is 3. The third-order valence-corrected chi connectivity index (χ3v) is 1.65. The van der Waals surface area contributed by atoms with E-state index in [1.54, 1.807) is 6.92 Å². The first-order valence-electron chi connectivity index (χ1n) is 3.72. The van der Waals surface area contributed by atoms with E-state index in [0.717, 1.165) is 12.1 Å². The fraction of sp³-hybridized carbons (Fsp3) is 0.333. The lowest BCUT2D eigenvalue weighted by Gasteiger charge is -2.09. The van der Waals surface area contributed by atoms with Crippen LogP contribution in [0.5, 0.6) is 0 Å². The standard InChI is InChI=1S/C9H9F3O/c1-6-2-7(5-13)4-8(3-6)9(10,11)12/h2-4,13H,5H2,1H3. The van der Waals surface area contributed by atoms with Gasteiger partial charge in [0.1, 0.15) is 0 Å². The highest BCUT2D eigenvalue weighted by Crippen LogP contribution is 2.30. The van der Waals surface area contributed by atoms with E-state index in [1.807, 2.05) is 0 Å². The van der Waals surface area contributed by atoms with Crippen molar-refractivity contribution in [2.45, 2.75) is 19.7 Å². The molecule has 0 saturated heterocycles. The van der Waals surface area contributed by atoms with Crippen LogP contribution in [-0.4, -0.2) is 5.11 Å². The van der Waals surface area contributed by atoms with Crippen molar-refractivity contribution in [3.63, 3.8) is 0 Å². The second-order valence-electron chi connectivity index (χ2n) is 2.86. The third kappa shape index (κ3) is 2.45. The Morgan fingerprint density at radius 3 is 2.31 bits per heavy atom. The van der Waals surface area contributed by atoms with Gasteiger partial charge < -0.3 is 5.11 Å². The molecule has 4 heteroatoms. The highest BCUT2D eigenvalue weighted by molar-refractivity contribution is 5.30. The van der Waals surface area contributed by atoms with E-state index in [9.17, 15) is 13.2 Å². The molecule has 0 unspecified atom stereocenters. The largest absolute Gasteiger partial charge is 0.416 e. The number of halogens is 3. The monoisotopic (exact) mass is 190 g/mol. The van der Waals surface area contributed by atoms with Gasteiger partial charge in [-0.1, -0.05) is 11.6 Å². The Morgan fingerprint density at radius 1 is 1.23 bits per heavy atom. The van der Waals surface area contributed by atoms with Gasteiger partial charge in [0.25, 0.3) is 0 Å². The first-order chi connectivity index (χ1) is 5.93. The van der Waals surface area contributed by atoms with Crippen molar-refractivity contribution in [2.75, 3.05) is 0 Å². The molecule has 0 saturated carbocycles. The molecule has 0 radical (unpaired) electrons. The van der Waals surface area contributed by atoms with Crippen LogP contribution in [-0.2, 0) is 12.8 Å². The summed E-state index contributed by atoms with van der Waals surface area (Å²) in [4.78, 5) is 0. The van der Waals surface area contributed by atoms with E-state index in [1.165, 1.54) is 6.07 Å². The van der Waals surface area contributed by atoms with Gasteiger partial charge in [0.05, 0.1) is 12.2 Å². The molecule has 0 aliphatic carbocycles. The Labute approximate surface area is 73.8 Å². The summed E-state index contributed by atoms with van der Waals surface area (Å²) in [6.45, 7) is 1.19. The van der Waals surface area contributed by atoms with E-state index in [-0.39, 0.29) is 12.2 Å². The van der Waals surface area contributed by atoms with E-state index in [0.29, 0.717) is 5.56 Å². The van der Waals surface area contributed by atoms with Crippen molar-refractivity contribution in [3.8, 4) is 0 Å². The molecule has 0 fully saturated rings. The lowest BCUT2D eigenvalue weighted by Crippen LogP contribution is -2.06. The molecule has 1 aromatic rings. The Balaban J connectivity index is 3.16. The minimum Gasteiger partial charge on any atom is -0.392 e. The number of benzene rings is 1. The first-order valence-corrected chi connectivity index (χ1v) is 3.72. The molecule has 1 N–H and O–H groups in total. The molecule has 0 bridgehead atoms. The van der Waals surface area contributed by atoms with Crippen molar-refractivity contribution in [1.82, 2.24) is 0 Å². The van der Waals surface area contributed by atoms with Gasteiger partial charge in [-0.15, -0.1) is 0 Å². The highest BCUT2D eigenvalue weighted by Gasteiger charge is 2.30. The second kappa shape index (κ2) is 3.38. The molecule has 0 aliphatic heterocycles. The number of hydrogen-bond donors (Lipinski definition) is 1. The van der Waals surface area contributed by atoms with E-state index in [4.69, 9.17) is 5.11 Å². The maximum atomic E-state index is 12.2. The SMILES string of the molecule is Cc1cc(CO)cc(C(F)(F)F)c1. The quantitative estimate of drug-likeness (QED) is 0.721. The molecule has 0 heterocycles. The zero-order chi connectivity index (χ0) is 10.1. The van der Waals surface area contributed by atoms with Crippen LogP contribution < -0.4 is 0 Å². The maximum absolute atomic E-state index is 12.2. The molecular weight excluding hydrogens is 181 g/mol. The number of aryl methyl sites for hydroxylation is 1. The third-order valence-electron chi connectivity index (χ3n) is 1.65. The van der Waals surface area contributed by atoms with Gasteiger partial charge in [-0.3, -0.25) is 0 Å². The Kier molecular flexibility index (Phi) is 2.61. The summed E-state index contributed by atoms with van der Waals surface area (Å²) in [6, 6.07) is 3.53. The van der Waals surface area contributed by atoms with Gasteiger partial charge in [0.15, 0.2) is 0 Å². The molecule has 13 heavy (non-hydrogen) atoms. The number of hydrogen-bond acceptors (Lipinski definition) is 1. The van der Waals surface area contributed by atoms with E-state index < -0.39 is 11.7 Å². The van der Waals surface area contributed by atoms with Gasteiger partial charge in [0, 0.05) is 0 Å². The van der Waals surface area contributed by atoms with Gasteiger partial charge in [-0.25, -0.2) is 0 Å². The van der Waals surface area contributed by atoms with Crippen LogP contribution in [0.3, 0.4) is 0 Å². The van der Waals surface area contributed by atoms with Crippen molar-refractivity contribution >= 4 is 0 Å². The summed E-state index contributed by atoms with van der Waals surface area (Å²) in [6.07, 6.45) is -4.34. The molecular formula is C9H9F3O. The Bertz CT molecular complexity index is 304. The lowest BCUT2D eigenvalue weighted by molar-refractivity contribution is -0.137. The molecule has 0 aromatic heterocycles. The van der Waals surface area contributed by atoms with Crippen molar-refractivity contribution in [1.29, 1.82) is 0 Å². The van der Waals surface area contributed by atoms with Crippen LogP contribution in [0.15, 0.2) is 18.2 Å². The van der Waals surface area contributed by atoms with E-state index >= 15 is 0 Å². The van der Waals surface area contributed by atoms with Gasteiger partial charge in [-0.05, 0) is 24.6 Å². The topological polar surface area (TPSA) is 20.2 Å². The van der Waals surface area contributed by atoms with Crippen LogP contribution in [0.2, 0.25) is 0 Å². The van der Waals surface area contributed by atoms with Crippen molar-refractivity contribution < 1.29 is 18.3 Å². The average molecular weight is 190 g/mol. The summed E-state index contributed by atoms with van der Waals surface area (Å²) in [7, 11) is 0. The maximum Gasteiger partial charge on any atom is 0.416 e. The average Bonchev–Trinajstić information content (AvgIpc) is 2.01. The first kappa shape index (κ1) is 10.1. The van der Waals surface area contributed by atoms with Crippen molar-refractivity contribution in [3.05, 3.63) is 34.9 Å². The summed E-state index contributed by atoms with van der Waals surface area (Å²) in [5, 5.41) is 8.68. The Morgan fingerprint density at radius 2 is 1.85 bits per heavy atom. The fourth-order valence-corrected chi connectivity index (χ4v) is 1.12. The van der Waals surface area contributed by atoms with Gasteiger partial charge in [-0.2, -0.15) is 13.2 Å². The molecule has 0 spiro atoms. The van der Waals surface area contributed by atoms with E-state index in [2.05, 4.69) is 0 Å². The van der Waals surface area contributed by atoms with Crippen LogP contribution in [0.4, 0.5) is 13.2 Å². The van der Waals surface area contributed by atoms with Gasteiger partial charge in [0.2, 0.25) is 0 Å². The zero-order valence-corrected chi connectivity index (χ0v) is 7.02. The van der Waals surface area contributed by atoms with Gasteiger partial charge >= 0.3 is 6.18 Å². The summed E-state index contributed by atoms with van der Waals surface area (Å²) in [5.41, 5.74) is 0.0720. The molecule has 0 aliphatic rings. The normalized spacial score (nSPS) is 11.8. The lowest BCUT2D eigenvalue weighted by atomic mass is 10.1. The van der Waals surface area contributed by atoms with Crippen LogP contribution in [0, 0.1) is 6.92 Å². The zero-order valence-electron chi connectivity index (χ0n) is 7.02. The number of rotatable bonds is 1. The van der Waals surface area contributed by atoms with Crippen molar-refractivity contribution in [2.24, 2.45) is 0 Å². The molecule has 0 amide bonds. The summed E-state index contributed by atoms with van der Waals surface area (Å²) < 4.78 is 36.6. The summed E-state index contributed by atoms with van der Waals surface area (Å²) in [5.74, 6) is 0. The Hall–Kier alpha value is -1.03. The van der Waals surface area contributed by atoms with Crippen LogP contribution >= 0.6 is 0 Å². The summed E-state index contributed by atoms with van der Waals surface area (Å²) >= 11 is 0. The molecule has 1 nitrogen and oxygen atoms in total. The minimum absolute atomic E-state index is 0.285. The molecule has 1 rings (SSSR count). The fourth-order valence-electron chi connectivity index (χ4n) is 1.12. The minimum atomic E-state index is -4.34.